The Kier molecular flexibility index (Phi) is 4.55. The van der Waals surface area contributed by atoms with Gasteiger partial charge in [-0.3, -0.25) is 9.59 Å². The van der Waals surface area contributed by atoms with Gasteiger partial charge in [0.1, 0.15) is 5.69 Å². The summed E-state index contributed by atoms with van der Waals surface area (Å²) < 4.78 is 1.72. The van der Waals surface area contributed by atoms with Gasteiger partial charge in [0.15, 0.2) is 0 Å². The van der Waals surface area contributed by atoms with Crippen molar-refractivity contribution in [3.63, 3.8) is 0 Å². The summed E-state index contributed by atoms with van der Waals surface area (Å²) in [4.78, 5) is 31.8. The molecular formula is C21H27N3O2. The van der Waals surface area contributed by atoms with E-state index in [9.17, 15) is 9.59 Å². The van der Waals surface area contributed by atoms with Gasteiger partial charge in [-0.2, -0.15) is 0 Å². The molecule has 1 saturated carbocycles. The normalized spacial score (nSPS) is 23.1. The Hall–Kier alpha value is -2.17. The standard InChI is InChI=1S/C21H27N3O2/c1-3-24-19-9-8-16(12-18(19)22-14(2)20(24)25)21(26)23-11-10-15-6-4-5-7-17(15)13-23/h8-9,12,15,17H,3-7,10-11,13H2,1-2H3/t15-,17+/m1/s1. The van der Waals surface area contributed by atoms with Crippen LogP contribution >= 0.6 is 0 Å². The third-order valence-corrected chi connectivity index (χ3v) is 6.25. The Balaban J connectivity index is 1.63. The molecule has 4 rings (SSSR count). The van der Waals surface area contributed by atoms with Crippen molar-refractivity contribution in [1.82, 2.24) is 14.5 Å². The summed E-state index contributed by atoms with van der Waals surface area (Å²) in [6, 6.07) is 5.57. The minimum absolute atomic E-state index is 0.0570. The van der Waals surface area contributed by atoms with Crippen molar-refractivity contribution >= 4 is 16.9 Å². The van der Waals surface area contributed by atoms with Crippen LogP contribution in [0.5, 0.6) is 0 Å². The molecule has 2 aromatic rings. The Morgan fingerprint density at radius 3 is 2.73 bits per heavy atom. The van der Waals surface area contributed by atoms with E-state index in [1.165, 1.54) is 25.7 Å². The van der Waals surface area contributed by atoms with Crippen LogP contribution in [0.1, 0.15) is 55.1 Å². The molecule has 0 spiro atoms. The number of nitrogens with zero attached hydrogens (tertiary/aromatic N) is 3. The Labute approximate surface area is 154 Å². The zero-order valence-electron chi connectivity index (χ0n) is 15.7. The molecule has 2 heterocycles. The highest BCUT2D eigenvalue weighted by molar-refractivity contribution is 5.97. The highest BCUT2D eigenvalue weighted by Gasteiger charge is 2.33. The maximum Gasteiger partial charge on any atom is 0.272 e. The summed E-state index contributed by atoms with van der Waals surface area (Å²) >= 11 is 0. The van der Waals surface area contributed by atoms with Gasteiger partial charge in [0.2, 0.25) is 0 Å². The van der Waals surface area contributed by atoms with E-state index >= 15 is 0 Å². The summed E-state index contributed by atoms with van der Waals surface area (Å²) in [6.07, 6.45) is 6.38. The van der Waals surface area contributed by atoms with E-state index in [2.05, 4.69) is 4.98 Å². The van der Waals surface area contributed by atoms with Gasteiger partial charge in [0, 0.05) is 25.2 Å². The predicted molar refractivity (Wildman–Crippen MR) is 102 cm³/mol. The van der Waals surface area contributed by atoms with E-state index < -0.39 is 0 Å². The molecule has 1 aromatic carbocycles. The summed E-state index contributed by atoms with van der Waals surface area (Å²) in [5.41, 5.74) is 2.62. The van der Waals surface area contributed by atoms with Crippen LogP contribution in [0.15, 0.2) is 23.0 Å². The van der Waals surface area contributed by atoms with Crippen LogP contribution in [0.3, 0.4) is 0 Å². The van der Waals surface area contributed by atoms with E-state index in [0.29, 0.717) is 23.7 Å². The number of amides is 1. The molecule has 0 unspecified atom stereocenters. The summed E-state index contributed by atoms with van der Waals surface area (Å²) in [5, 5.41) is 0. The monoisotopic (exact) mass is 353 g/mol. The maximum absolute atomic E-state index is 13.1. The zero-order chi connectivity index (χ0) is 18.3. The second-order valence-electron chi connectivity index (χ2n) is 7.79. The van der Waals surface area contributed by atoms with Gasteiger partial charge >= 0.3 is 0 Å². The van der Waals surface area contributed by atoms with Gasteiger partial charge in [-0.15, -0.1) is 0 Å². The average molecular weight is 353 g/mol. The lowest BCUT2D eigenvalue weighted by Crippen LogP contribution is -2.44. The number of aromatic nitrogens is 2. The number of carbonyl (C=O) groups is 1. The average Bonchev–Trinajstić information content (AvgIpc) is 2.67. The second-order valence-corrected chi connectivity index (χ2v) is 7.79. The van der Waals surface area contributed by atoms with Gasteiger partial charge in [0.05, 0.1) is 11.0 Å². The molecule has 5 heteroatoms. The van der Waals surface area contributed by atoms with Crippen molar-refractivity contribution in [3.05, 3.63) is 39.8 Å². The number of aryl methyl sites for hydroxylation is 2. The van der Waals surface area contributed by atoms with Crippen LogP contribution in [-0.2, 0) is 6.54 Å². The van der Waals surface area contributed by atoms with Crippen LogP contribution < -0.4 is 5.56 Å². The van der Waals surface area contributed by atoms with Gasteiger partial charge in [-0.1, -0.05) is 19.3 Å². The molecule has 0 N–H and O–H groups in total. The van der Waals surface area contributed by atoms with E-state index in [1.54, 1.807) is 11.5 Å². The van der Waals surface area contributed by atoms with E-state index in [4.69, 9.17) is 0 Å². The van der Waals surface area contributed by atoms with Gasteiger partial charge in [-0.05, 0) is 56.7 Å². The van der Waals surface area contributed by atoms with Gasteiger partial charge in [-0.25, -0.2) is 4.98 Å². The Morgan fingerprint density at radius 2 is 1.96 bits per heavy atom. The van der Waals surface area contributed by atoms with Crippen LogP contribution in [0, 0.1) is 18.8 Å². The van der Waals surface area contributed by atoms with Crippen molar-refractivity contribution in [3.8, 4) is 0 Å². The largest absolute Gasteiger partial charge is 0.338 e. The molecule has 26 heavy (non-hydrogen) atoms. The van der Waals surface area contributed by atoms with Crippen molar-refractivity contribution in [2.75, 3.05) is 13.1 Å². The second kappa shape index (κ2) is 6.86. The molecule has 1 saturated heterocycles. The first kappa shape index (κ1) is 17.3. The highest BCUT2D eigenvalue weighted by atomic mass is 16.2. The highest BCUT2D eigenvalue weighted by Crippen LogP contribution is 2.36. The first-order valence-corrected chi connectivity index (χ1v) is 9.89. The maximum atomic E-state index is 13.1. The van der Waals surface area contributed by atoms with Crippen LogP contribution in [-0.4, -0.2) is 33.4 Å². The van der Waals surface area contributed by atoms with Crippen LogP contribution in [0.25, 0.3) is 11.0 Å². The third-order valence-electron chi connectivity index (χ3n) is 6.25. The lowest BCUT2D eigenvalue weighted by atomic mass is 9.75. The molecule has 1 aliphatic heterocycles. The van der Waals surface area contributed by atoms with E-state index in [-0.39, 0.29) is 11.5 Å². The fraction of sp³-hybridized carbons (Fsp3) is 0.571. The summed E-state index contributed by atoms with van der Waals surface area (Å²) in [7, 11) is 0. The molecule has 1 aliphatic carbocycles. The number of hydrogen-bond donors (Lipinski definition) is 0. The zero-order valence-corrected chi connectivity index (χ0v) is 15.7. The molecule has 138 valence electrons. The van der Waals surface area contributed by atoms with E-state index in [0.717, 1.165) is 36.5 Å². The van der Waals surface area contributed by atoms with Gasteiger partial charge in [0.25, 0.3) is 11.5 Å². The minimum Gasteiger partial charge on any atom is -0.338 e. The number of rotatable bonds is 2. The number of benzene rings is 1. The third kappa shape index (κ3) is 2.93. The van der Waals surface area contributed by atoms with Crippen molar-refractivity contribution < 1.29 is 4.79 Å². The number of carbonyl (C=O) groups excluding carboxylic acids is 1. The van der Waals surface area contributed by atoms with Crippen molar-refractivity contribution in [2.45, 2.75) is 52.5 Å². The topological polar surface area (TPSA) is 55.2 Å². The van der Waals surface area contributed by atoms with Crippen molar-refractivity contribution in [2.24, 2.45) is 11.8 Å². The first-order valence-electron chi connectivity index (χ1n) is 9.89. The molecule has 2 atom stereocenters. The minimum atomic E-state index is -0.0570. The first-order chi connectivity index (χ1) is 12.6. The fourth-order valence-electron chi connectivity index (χ4n) is 4.79. The quantitative estimate of drug-likeness (QED) is 0.832. The summed E-state index contributed by atoms with van der Waals surface area (Å²) in [6.45, 7) is 6.03. The lowest BCUT2D eigenvalue weighted by Gasteiger charge is -2.41. The summed E-state index contributed by atoms with van der Waals surface area (Å²) in [5.74, 6) is 1.59. The molecule has 0 bridgehead atoms. The lowest BCUT2D eigenvalue weighted by molar-refractivity contribution is 0.0521. The number of fused-ring (bicyclic) bond motifs is 2. The SMILES string of the molecule is CCn1c(=O)c(C)nc2cc(C(=O)N3CC[C@H]4CCCC[C@H]4C3)ccc21. The molecular weight excluding hydrogens is 326 g/mol. The Morgan fingerprint density at radius 1 is 1.19 bits per heavy atom. The van der Waals surface area contributed by atoms with Crippen molar-refractivity contribution in [1.29, 1.82) is 0 Å². The molecule has 1 aromatic heterocycles. The van der Waals surface area contributed by atoms with E-state index in [1.807, 2.05) is 30.0 Å². The van der Waals surface area contributed by atoms with Crippen LogP contribution in [0.4, 0.5) is 0 Å². The van der Waals surface area contributed by atoms with Gasteiger partial charge < -0.3 is 9.47 Å². The molecule has 2 fully saturated rings. The Bertz CT molecular complexity index is 902. The molecule has 2 aliphatic rings. The number of likely N-dealkylation sites (tertiary alicyclic amines) is 1. The molecule has 5 nitrogen and oxygen atoms in total. The predicted octanol–water partition coefficient (Wildman–Crippen LogP) is 3.38. The van der Waals surface area contributed by atoms with Crippen LogP contribution in [0.2, 0.25) is 0 Å². The number of piperidine rings is 1. The molecule has 0 radical (unpaired) electrons. The fourth-order valence-corrected chi connectivity index (χ4v) is 4.79. The number of hydrogen-bond acceptors (Lipinski definition) is 3. The smallest absolute Gasteiger partial charge is 0.272 e. The molecule has 1 amide bonds.